The average Bonchev–Trinajstić information content (AvgIpc) is 2.44. The molecule has 0 aromatic rings. The molecule has 0 unspecified atom stereocenters. The van der Waals surface area contributed by atoms with Crippen molar-refractivity contribution in [2.24, 2.45) is 0 Å². The Morgan fingerprint density at radius 3 is 1.47 bits per heavy atom. The number of hydrogen-bond acceptors (Lipinski definition) is 3. The summed E-state index contributed by atoms with van der Waals surface area (Å²) in [5.41, 5.74) is 0. The second kappa shape index (κ2) is 15.9. The summed E-state index contributed by atoms with van der Waals surface area (Å²) < 4.78 is 11.1. The van der Waals surface area contributed by atoms with Crippen molar-refractivity contribution in [2.45, 2.75) is 84.3 Å². The van der Waals surface area contributed by atoms with Crippen LogP contribution in [0.2, 0.25) is 0 Å². The Balaban J connectivity index is 3.30. The molecule has 0 spiro atoms. The molecule has 0 heterocycles. The molecule has 0 atom stereocenters. The molecule has 0 radical (unpaired) electrons. The molecule has 0 aromatic heterocycles. The van der Waals surface area contributed by atoms with Crippen LogP contribution in [0.5, 0.6) is 0 Å². The Hall–Kier alpha value is -0.120. The van der Waals surface area contributed by atoms with Crippen LogP contribution < -0.4 is 0 Å². The molecule has 19 heavy (non-hydrogen) atoms. The smallest absolute Gasteiger partial charge is 0.180 e. The fourth-order valence-corrected chi connectivity index (χ4v) is 1.99. The molecule has 0 aromatic carbocycles. The quantitative estimate of drug-likeness (QED) is 0.358. The second-order valence-electron chi connectivity index (χ2n) is 5.18. The van der Waals surface area contributed by atoms with Gasteiger partial charge in [0.05, 0.1) is 6.61 Å². The molecule has 0 bridgehead atoms. The maximum Gasteiger partial charge on any atom is 0.180 e. The predicted octanol–water partition coefficient (Wildman–Crippen LogP) is 4.28. The summed E-state index contributed by atoms with van der Waals surface area (Å²) in [4.78, 5) is 0. The van der Waals surface area contributed by atoms with Crippen molar-refractivity contribution in [3.05, 3.63) is 0 Å². The van der Waals surface area contributed by atoms with Crippen LogP contribution >= 0.6 is 0 Å². The van der Waals surface area contributed by atoms with Crippen LogP contribution in [0.4, 0.5) is 0 Å². The summed E-state index contributed by atoms with van der Waals surface area (Å²) in [5.74, 6) is 0. The molecule has 3 nitrogen and oxygen atoms in total. The van der Waals surface area contributed by atoms with Gasteiger partial charge in [0.1, 0.15) is 0 Å². The molecule has 0 aliphatic rings. The highest BCUT2D eigenvalue weighted by Crippen LogP contribution is 2.06. The molecule has 1 N–H and O–H groups in total. The SMILES string of the molecule is CCCCCCCOC(CO)OCCCCCCC. The molecule has 0 saturated carbocycles. The first kappa shape index (κ1) is 18.9. The molecule has 0 aliphatic carbocycles. The number of unbranched alkanes of at least 4 members (excludes halogenated alkanes) is 8. The maximum absolute atomic E-state index is 9.16. The van der Waals surface area contributed by atoms with Gasteiger partial charge in [0.2, 0.25) is 0 Å². The van der Waals surface area contributed by atoms with Gasteiger partial charge in [-0.1, -0.05) is 65.2 Å². The van der Waals surface area contributed by atoms with Gasteiger partial charge in [0.15, 0.2) is 6.29 Å². The lowest BCUT2D eigenvalue weighted by molar-refractivity contribution is -0.163. The maximum atomic E-state index is 9.16. The molecule has 0 amide bonds. The van der Waals surface area contributed by atoms with Crippen LogP contribution in [0.25, 0.3) is 0 Å². The third kappa shape index (κ3) is 14.1. The van der Waals surface area contributed by atoms with Crippen molar-refractivity contribution in [2.75, 3.05) is 19.8 Å². The van der Waals surface area contributed by atoms with Crippen LogP contribution in [-0.4, -0.2) is 31.2 Å². The third-order valence-electron chi connectivity index (χ3n) is 3.25. The first-order valence-electron chi connectivity index (χ1n) is 8.19. The lowest BCUT2D eigenvalue weighted by atomic mass is 10.2. The van der Waals surface area contributed by atoms with Gasteiger partial charge in [0, 0.05) is 13.2 Å². The van der Waals surface area contributed by atoms with Crippen molar-refractivity contribution in [3.63, 3.8) is 0 Å². The molecular weight excluding hydrogens is 240 g/mol. The standard InChI is InChI=1S/C16H34O3/c1-3-5-7-9-11-13-18-16(15-17)19-14-12-10-8-6-4-2/h16-17H,3-15H2,1-2H3. The number of rotatable bonds is 15. The van der Waals surface area contributed by atoms with Crippen molar-refractivity contribution in [1.29, 1.82) is 0 Å². The Bertz CT molecular complexity index is 146. The van der Waals surface area contributed by atoms with Gasteiger partial charge < -0.3 is 14.6 Å². The van der Waals surface area contributed by atoms with E-state index < -0.39 is 6.29 Å². The zero-order valence-electron chi connectivity index (χ0n) is 13.0. The topological polar surface area (TPSA) is 38.7 Å². The van der Waals surface area contributed by atoms with Crippen LogP contribution in [0, 0.1) is 0 Å². The highest BCUT2D eigenvalue weighted by molar-refractivity contribution is 4.46. The molecule has 116 valence electrons. The molecule has 0 saturated heterocycles. The lowest BCUT2D eigenvalue weighted by Gasteiger charge is -2.16. The van der Waals surface area contributed by atoms with Gasteiger partial charge in [-0.25, -0.2) is 0 Å². The first-order valence-corrected chi connectivity index (χ1v) is 8.19. The van der Waals surface area contributed by atoms with Crippen LogP contribution in [0.15, 0.2) is 0 Å². The summed E-state index contributed by atoms with van der Waals surface area (Å²) in [6.45, 7) is 5.79. The van der Waals surface area contributed by atoms with Gasteiger partial charge in [-0.15, -0.1) is 0 Å². The van der Waals surface area contributed by atoms with Gasteiger partial charge in [-0.05, 0) is 12.8 Å². The van der Waals surface area contributed by atoms with E-state index in [4.69, 9.17) is 14.6 Å². The molecule has 3 heteroatoms. The average molecular weight is 274 g/mol. The van der Waals surface area contributed by atoms with E-state index in [1.54, 1.807) is 0 Å². The Morgan fingerprint density at radius 2 is 1.11 bits per heavy atom. The van der Waals surface area contributed by atoms with E-state index in [9.17, 15) is 0 Å². The largest absolute Gasteiger partial charge is 0.391 e. The van der Waals surface area contributed by atoms with E-state index in [1.807, 2.05) is 0 Å². The molecule has 0 aliphatic heterocycles. The van der Waals surface area contributed by atoms with Crippen LogP contribution in [-0.2, 0) is 9.47 Å². The number of aliphatic hydroxyl groups is 1. The van der Waals surface area contributed by atoms with Gasteiger partial charge in [-0.3, -0.25) is 0 Å². The molecule has 0 rings (SSSR count). The number of hydrogen-bond donors (Lipinski definition) is 1. The van der Waals surface area contributed by atoms with Crippen LogP contribution in [0.3, 0.4) is 0 Å². The van der Waals surface area contributed by atoms with E-state index >= 15 is 0 Å². The summed E-state index contributed by atoms with van der Waals surface area (Å²) in [7, 11) is 0. The number of aliphatic hydroxyl groups excluding tert-OH is 1. The zero-order valence-corrected chi connectivity index (χ0v) is 13.0. The molecular formula is C16H34O3. The van der Waals surface area contributed by atoms with Crippen LogP contribution in [0.1, 0.15) is 78.1 Å². The second-order valence-corrected chi connectivity index (χ2v) is 5.18. The summed E-state index contributed by atoms with van der Waals surface area (Å²) in [6.07, 6.45) is 11.8. The van der Waals surface area contributed by atoms with Gasteiger partial charge in [0.25, 0.3) is 0 Å². The van der Waals surface area contributed by atoms with Crippen molar-refractivity contribution < 1.29 is 14.6 Å². The Morgan fingerprint density at radius 1 is 0.684 bits per heavy atom. The van der Waals surface area contributed by atoms with E-state index in [0.29, 0.717) is 13.2 Å². The zero-order chi connectivity index (χ0) is 14.2. The highest BCUT2D eigenvalue weighted by atomic mass is 16.7. The van der Waals surface area contributed by atoms with E-state index in [0.717, 1.165) is 12.8 Å². The Kier molecular flexibility index (Phi) is 15.8. The highest BCUT2D eigenvalue weighted by Gasteiger charge is 2.06. The predicted molar refractivity (Wildman–Crippen MR) is 80.3 cm³/mol. The van der Waals surface area contributed by atoms with Crippen molar-refractivity contribution >= 4 is 0 Å². The minimum Gasteiger partial charge on any atom is -0.391 e. The summed E-state index contributed by atoms with van der Waals surface area (Å²) >= 11 is 0. The van der Waals surface area contributed by atoms with Gasteiger partial charge >= 0.3 is 0 Å². The fourth-order valence-electron chi connectivity index (χ4n) is 1.99. The minimum atomic E-state index is -0.419. The fraction of sp³-hybridized carbons (Fsp3) is 1.00. The van der Waals surface area contributed by atoms with E-state index in [2.05, 4.69) is 13.8 Å². The summed E-state index contributed by atoms with van der Waals surface area (Å²) in [5, 5.41) is 9.16. The normalized spacial score (nSPS) is 11.4. The number of ether oxygens (including phenoxy) is 2. The van der Waals surface area contributed by atoms with Gasteiger partial charge in [-0.2, -0.15) is 0 Å². The molecule has 0 fully saturated rings. The van der Waals surface area contributed by atoms with E-state index in [-0.39, 0.29) is 6.61 Å². The summed E-state index contributed by atoms with van der Waals surface area (Å²) in [6, 6.07) is 0. The lowest BCUT2D eigenvalue weighted by Crippen LogP contribution is -2.22. The third-order valence-corrected chi connectivity index (χ3v) is 3.25. The first-order chi connectivity index (χ1) is 9.35. The van der Waals surface area contributed by atoms with Crippen molar-refractivity contribution in [1.82, 2.24) is 0 Å². The Labute approximate surface area is 119 Å². The minimum absolute atomic E-state index is 0.0378. The van der Waals surface area contributed by atoms with Crippen molar-refractivity contribution in [3.8, 4) is 0 Å². The monoisotopic (exact) mass is 274 g/mol. The van der Waals surface area contributed by atoms with E-state index in [1.165, 1.54) is 51.4 Å².